The summed E-state index contributed by atoms with van der Waals surface area (Å²) >= 11 is 0. The zero-order chi connectivity index (χ0) is 18.2. The largest absolute Gasteiger partial charge is 0.345 e. The number of hydrogen-bond donors (Lipinski definition) is 2. The van der Waals surface area contributed by atoms with E-state index in [9.17, 15) is 4.79 Å². The lowest BCUT2D eigenvalue weighted by Crippen LogP contribution is -2.87. The fourth-order valence-electron chi connectivity index (χ4n) is 3.14. The van der Waals surface area contributed by atoms with Crippen molar-refractivity contribution in [1.82, 2.24) is 5.32 Å². The summed E-state index contributed by atoms with van der Waals surface area (Å²) in [6.07, 6.45) is 0. The summed E-state index contributed by atoms with van der Waals surface area (Å²) in [5, 5.41) is 5.18. The van der Waals surface area contributed by atoms with E-state index in [-0.39, 0.29) is 18.0 Å². The van der Waals surface area contributed by atoms with Crippen LogP contribution in [0.5, 0.6) is 0 Å². The van der Waals surface area contributed by atoms with Crippen LogP contribution in [0, 0.1) is 0 Å². The van der Waals surface area contributed by atoms with Gasteiger partial charge in [-0.25, -0.2) is 0 Å². The molecule has 3 heteroatoms. The molecule has 0 heterocycles. The minimum Gasteiger partial charge on any atom is -0.345 e. The number of carbonyl (C=O) groups is 1. The van der Waals surface area contributed by atoms with Crippen molar-refractivity contribution in [3.05, 3.63) is 108 Å². The number of nitrogens with two attached hydrogens (primary N) is 1. The monoisotopic (exact) mass is 345 g/mol. The van der Waals surface area contributed by atoms with E-state index in [1.165, 1.54) is 11.1 Å². The Kier molecular flexibility index (Phi) is 6.18. The second-order valence-corrected chi connectivity index (χ2v) is 6.44. The van der Waals surface area contributed by atoms with Crippen LogP contribution in [0.3, 0.4) is 0 Å². The molecule has 0 unspecified atom stereocenters. The molecule has 26 heavy (non-hydrogen) atoms. The molecule has 0 saturated heterocycles. The highest BCUT2D eigenvalue weighted by Crippen LogP contribution is 2.17. The number of nitrogens with one attached hydrogen (secondary N) is 1. The Morgan fingerprint density at radius 2 is 1.19 bits per heavy atom. The molecule has 3 aromatic carbocycles. The molecule has 3 rings (SSSR count). The van der Waals surface area contributed by atoms with Gasteiger partial charge >= 0.3 is 0 Å². The van der Waals surface area contributed by atoms with Crippen LogP contribution in [-0.4, -0.2) is 12.5 Å². The topological polar surface area (TPSA) is 45.7 Å². The standard InChI is InChI=1S/C23H24N2O/c1-18(19-11-5-2-6-12-19)25-22(26)17-24-23(20-13-7-3-8-14-20)21-15-9-4-10-16-21/h2-16,18,23-24H,17H2,1H3,(H,25,26)/p+1/t18-/m0/s1. The lowest BCUT2D eigenvalue weighted by Gasteiger charge is -2.18. The van der Waals surface area contributed by atoms with E-state index in [0.717, 1.165) is 5.56 Å². The first-order chi connectivity index (χ1) is 12.7. The summed E-state index contributed by atoms with van der Waals surface area (Å²) < 4.78 is 0. The van der Waals surface area contributed by atoms with E-state index in [0.29, 0.717) is 6.54 Å². The molecule has 0 saturated carbocycles. The normalized spacial score (nSPS) is 11.9. The molecule has 0 aliphatic carbocycles. The highest BCUT2D eigenvalue weighted by atomic mass is 16.1. The van der Waals surface area contributed by atoms with Crippen LogP contribution in [0.25, 0.3) is 0 Å². The number of amides is 1. The van der Waals surface area contributed by atoms with Crippen LogP contribution in [0.15, 0.2) is 91.0 Å². The Morgan fingerprint density at radius 1 is 0.769 bits per heavy atom. The van der Waals surface area contributed by atoms with Gasteiger partial charge in [0.25, 0.3) is 5.91 Å². The number of quaternary nitrogens is 1. The molecule has 3 nitrogen and oxygen atoms in total. The SMILES string of the molecule is C[C@H](NC(=O)C[NH2+]C(c1ccccc1)c1ccccc1)c1ccccc1. The molecule has 132 valence electrons. The van der Waals surface area contributed by atoms with Gasteiger partial charge in [0, 0.05) is 11.1 Å². The van der Waals surface area contributed by atoms with Crippen molar-refractivity contribution in [2.75, 3.05) is 6.54 Å². The zero-order valence-corrected chi connectivity index (χ0v) is 15.0. The van der Waals surface area contributed by atoms with E-state index in [1.54, 1.807) is 0 Å². The maximum atomic E-state index is 12.5. The lowest BCUT2D eigenvalue weighted by atomic mass is 9.99. The van der Waals surface area contributed by atoms with Crippen molar-refractivity contribution in [2.45, 2.75) is 19.0 Å². The molecule has 1 amide bonds. The predicted molar refractivity (Wildman–Crippen MR) is 105 cm³/mol. The van der Waals surface area contributed by atoms with E-state index in [1.807, 2.05) is 73.7 Å². The summed E-state index contributed by atoms with van der Waals surface area (Å²) in [5.74, 6) is 0.0400. The molecule has 0 bridgehead atoms. The Labute approximate surface area is 155 Å². The average Bonchev–Trinajstić information content (AvgIpc) is 2.70. The Hall–Kier alpha value is -2.91. The average molecular weight is 345 g/mol. The zero-order valence-electron chi connectivity index (χ0n) is 15.0. The van der Waals surface area contributed by atoms with Crippen molar-refractivity contribution in [1.29, 1.82) is 0 Å². The van der Waals surface area contributed by atoms with Gasteiger partial charge in [0.15, 0.2) is 6.54 Å². The number of hydrogen-bond acceptors (Lipinski definition) is 1. The molecule has 3 N–H and O–H groups in total. The van der Waals surface area contributed by atoms with Crippen molar-refractivity contribution < 1.29 is 10.1 Å². The first-order valence-corrected chi connectivity index (χ1v) is 9.01. The van der Waals surface area contributed by atoms with E-state index in [2.05, 4.69) is 34.9 Å². The molecule has 0 radical (unpaired) electrons. The van der Waals surface area contributed by atoms with Gasteiger partial charge in [-0.15, -0.1) is 0 Å². The summed E-state index contributed by atoms with van der Waals surface area (Å²) in [5.41, 5.74) is 3.51. The van der Waals surface area contributed by atoms with Crippen molar-refractivity contribution in [2.24, 2.45) is 0 Å². The minimum absolute atomic E-state index is 0.00370. The van der Waals surface area contributed by atoms with Gasteiger partial charge < -0.3 is 10.6 Å². The second-order valence-electron chi connectivity index (χ2n) is 6.44. The highest BCUT2D eigenvalue weighted by Gasteiger charge is 2.19. The fraction of sp³-hybridized carbons (Fsp3) is 0.174. The molecule has 0 spiro atoms. The smallest absolute Gasteiger partial charge is 0.275 e. The molecule has 0 aliphatic heterocycles. The van der Waals surface area contributed by atoms with Crippen LogP contribution >= 0.6 is 0 Å². The van der Waals surface area contributed by atoms with Gasteiger partial charge in [0.05, 0.1) is 6.04 Å². The van der Waals surface area contributed by atoms with Gasteiger partial charge in [-0.05, 0) is 12.5 Å². The quantitative estimate of drug-likeness (QED) is 0.679. The molecule has 0 aliphatic rings. The van der Waals surface area contributed by atoms with Crippen LogP contribution in [0.4, 0.5) is 0 Å². The van der Waals surface area contributed by atoms with Gasteiger partial charge in [0.1, 0.15) is 6.04 Å². The highest BCUT2D eigenvalue weighted by molar-refractivity contribution is 5.77. The third-order valence-corrected chi connectivity index (χ3v) is 4.53. The fourth-order valence-corrected chi connectivity index (χ4v) is 3.14. The lowest BCUT2D eigenvalue weighted by molar-refractivity contribution is -0.676. The third-order valence-electron chi connectivity index (χ3n) is 4.53. The van der Waals surface area contributed by atoms with Gasteiger partial charge in [-0.1, -0.05) is 91.0 Å². The Bertz CT molecular complexity index is 764. The van der Waals surface area contributed by atoms with E-state index in [4.69, 9.17) is 0 Å². The third kappa shape index (κ3) is 4.80. The van der Waals surface area contributed by atoms with Gasteiger partial charge in [-0.3, -0.25) is 4.79 Å². The molecular formula is C23H25N2O+. The van der Waals surface area contributed by atoms with Crippen LogP contribution in [0.2, 0.25) is 0 Å². The van der Waals surface area contributed by atoms with Crippen LogP contribution in [-0.2, 0) is 4.79 Å². The molecule has 3 aromatic rings. The first-order valence-electron chi connectivity index (χ1n) is 9.01. The van der Waals surface area contributed by atoms with Crippen molar-refractivity contribution in [3.8, 4) is 0 Å². The van der Waals surface area contributed by atoms with Crippen molar-refractivity contribution in [3.63, 3.8) is 0 Å². The van der Waals surface area contributed by atoms with Crippen molar-refractivity contribution >= 4 is 5.91 Å². The van der Waals surface area contributed by atoms with E-state index < -0.39 is 0 Å². The Balaban J connectivity index is 1.65. The first kappa shape index (κ1) is 17.9. The van der Waals surface area contributed by atoms with E-state index >= 15 is 0 Å². The maximum Gasteiger partial charge on any atom is 0.275 e. The molecular weight excluding hydrogens is 320 g/mol. The summed E-state index contributed by atoms with van der Waals surface area (Å²) in [6.45, 7) is 2.39. The molecule has 0 fully saturated rings. The number of carbonyl (C=O) groups excluding carboxylic acids is 1. The second kappa shape index (κ2) is 8.97. The number of benzene rings is 3. The Morgan fingerprint density at radius 3 is 1.65 bits per heavy atom. The maximum absolute atomic E-state index is 12.5. The minimum atomic E-state index is 0.00370. The van der Waals surface area contributed by atoms with Crippen LogP contribution in [0.1, 0.15) is 35.7 Å². The summed E-state index contributed by atoms with van der Waals surface area (Å²) in [6, 6.07) is 30.8. The van der Waals surface area contributed by atoms with Gasteiger partial charge in [-0.2, -0.15) is 0 Å². The van der Waals surface area contributed by atoms with Gasteiger partial charge in [0.2, 0.25) is 0 Å². The summed E-state index contributed by atoms with van der Waals surface area (Å²) in [7, 11) is 0. The predicted octanol–water partition coefficient (Wildman–Crippen LogP) is 3.22. The molecule has 0 aromatic heterocycles. The van der Waals surface area contributed by atoms with Crippen LogP contribution < -0.4 is 10.6 Å². The number of rotatable bonds is 7. The summed E-state index contributed by atoms with van der Waals surface area (Å²) in [4.78, 5) is 12.5. The molecule has 1 atom stereocenters.